The van der Waals surface area contributed by atoms with Gasteiger partial charge in [0.1, 0.15) is 5.82 Å². The number of aliphatic hydroxyl groups is 1. The van der Waals surface area contributed by atoms with E-state index in [0.29, 0.717) is 18.1 Å². The van der Waals surface area contributed by atoms with Crippen molar-refractivity contribution in [2.24, 2.45) is 0 Å². The number of pyridine rings is 1. The Morgan fingerprint density at radius 1 is 0.951 bits per heavy atom. The minimum atomic E-state index is -0.910. The molecule has 0 fully saturated rings. The summed E-state index contributed by atoms with van der Waals surface area (Å²) in [5.41, 5.74) is 3.50. The molecule has 7 heteroatoms. The molecule has 0 saturated heterocycles. The molecule has 0 spiro atoms. The van der Waals surface area contributed by atoms with Crippen molar-refractivity contribution in [1.82, 2.24) is 10.0 Å². The van der Waals surface area contributed by atoms with Crippen LogP contribution in [-0.4, -0.2) is 34.3 Å². The molecule has 3 aromatic carbocycles. The Bertz CT molecular complexity index is 1470. The Labute approximate surface area is 240 Å². The van der Waals surface area contributed by atoms with Gasteiger partial charge in [0.25, 0.3) is 0 Å². The molecule has 4 rings (SSSR count). The number of carbonyl (C=O) groups is 1. The highest BCUT2D eigenvalue weighted by atomic mass is 19.1. The van der Waals surface area contributed by atoms with E-state index in [1.807, 2.05) is 36.4 Å². The molecule has 1 unspecified atom stereocenters. The minimum Gasteiger partial charge on any atom is -0.477 e. The Morgan fingerprint density at radius 3 is 2.49 bits per heavy atom. The minimum absolute atomic E-state index is 0.131. The fourth-order valence-electron chi connectivity index (χ4n) is 4.41. The lowest BCUT2D eigenvalue weighted by Gasteiger charge is -2.18. The Balaban J connectivity index is 1.35. The Hall–Kier alpha value is -4.25. The van der Waals surface area contributed by atoms with E-state index in [1.165, 1.54) is 29.7 Å². The molecule has 0 saturated carbocycles. The molecule has 0 bridgehead atoms. The van der Waals surface area contributed by atoms with Gasteiger partial charge >= 0.3 is 5.97 Å². The first kappa shape index (κ1) is 29.7. The van der Waals surface area contributed by atoms with Crippen molar-refractivity contribution in [2.75, 3.05) is 13.2 Å². The quantitative estimate of drug-likeness (QED) is 0.114. The summed E-state index contributed by atoms with van der Waals surface area (Å²) in [6.07, 6.45) is 3.27. The van der Waals surface area contributed by atoms with E-state index in [4.69, 9.17) is 9.57 Å². The monoisotopic (exact) mass is 554 g/mol. The van der Waals surface area contributed by atoms with Crippen LogP contribution >= 0.6 is 0 Å². The number of rotatable bonds is 13. The zero-order valence-corrected chi connectivity index (χ0v) is 23.3. The zero-order chi connectivity index (χ0) is 28.9. The summed E-state index contributed by atoms with van der Waals surface area (Å²) < 4.78 is 19.3. The van der Waals surface area contributed by atoms with Crippen LogP contribution in [0.25, 0.3) is 10.9 Å². The normalized spacial score (nSPS) is 11.6. The first-order chi connectivity index (χ1) is 20.0. The highest BCUT2D eigenvalue weighted by Gasteiger charge is 2.16. The van der Waals surface area contributed by atoms with Crippen LogP contribution in [0.2, 0.25) is 0 Å². The van der Waals surface area contributed by atoms with E-state index < -0.39 is 12.1 Å². The van der Waals surface area contributed by atoms with Crippen LogP contribution in [0.5, 0.6) is 5.88 Å². The molecule has 212 valence electrons. The van der Waals surface area contributed by atoms with E-state index in [9.17, 15) is 14.3 Å². The Kier molecular flexibility index (Phi) is 11.2. The van der Waals surface area contributed by atoms with Crippen LogP contribution in [0, 0.1) is 17.7 Å². The maximum atomic E-state index is 13.2. The molecule has 0 aliphatic rings. The fourth-order valence-corrected chi connectivity index (χ4v) is 4.41. The van der Waals surface area contributed by atoms with Gasteiger partial charge in [-0.1, -0.05) is 72.5 Å². The predicted molar refractivity (Wildman–Crippen MR) is 157 cm³/mol. The number of carbonyl (C=O) groups excluding carboxylic acids is 1. The Morgan fingerprint density at radius 2 is 1.71 bits per heavy atom. The zero-order valence-electron chi connectivity index (χ0n) is 23.3. The molecular formula is C34H35FN2O4. The van der Waals surface area contributed by atoms with E-state index in [-0.39, 0.29) is 25.3 Å². The van der Waals surface area contributed by atoms with E-state index in [2.05, 4.69) is 41.1 Å². The smallest absolute Gasteiger partial charge is 0.322 e. The van der Waals surface area contributed by atoms with Crippen molar-refractivity contribution < 1.29 is 23.9 Å². The van der Waals surface area contributed by atoms with Gasteiger partial charge in [-0.3, -0.25) is 4.79 Å². The maximum Gasteiger partial charge on any atom is 0.322 e. The van der Waals surface area contributed by atoms with E-state index in [0.717, 1.165) is 42.1 Å². The summed E-state index contributed by atoms with van der Waals surface area (Å²) in [6, 6.07) is 26.0. The molecule has 0 aliphatic heterocycles. The second-order valence-electron chi connectivity index (χ2n) is 9.80. The van der Waals surface area contributed by atoms with Crippen molar-refractivity contribution >= 4 is 16.9 Å². The number of benzene rings is 3. The average molecular weight is 555 g/mol. The molecule has 4 aromatic rings. The number of hydrogen-bond donors (Lipinski definition) is 1. The topological polar surface area (TPSA) is 71.9 Å². The maximum absolute atomic E-state index is 13.2. The van der Waals surface area contributed by atoms with Crippen LogP contribution in [-0.2, 0) is 22.6 Å². The third kappa shape index (κ3) is 9.71. The number of aryl methyl sites for hydroxylation is 1. The van der Waals surface area contributed by atoms with Gasteiger partial charge in [-0.2, -0.15) is 0 Å². The summed E-state index contributed by atoms with van der Waals surface area (Å²) in [5.74, 6) is 5.55. The average Bonchev–Trinajstić information content (AvgIpc) is 2.98. The number of aliphatic hydroxyl groups excluding tert-OH is 1. The van der Waals surface area contributed by atoms with Gasteiger partial charge < -0.3 is 14.7 Å². The molecule has 0 amide bonds. The summed E-state index contributed by atoms with van der Waals surface area (Å²) in [7, 11) is 0. The second kappa shape index (κ2) is 15.5. The fraction of sp³-hybridized carbons (Fsp3) is 0.294. The lowest BCUT2D eigenvalue weighted by Crippen LogP contribution is -2.26. The summed E-state index contributed by atoms with van der Waals surface area (Å²) in [5, 5.41) is 13.4. The van der Waals surface area contributed by atoms with Crippen molar-refractivity contribution in [3.63, 3.8) is 0 Å². The number of fused-ring (bicyclic) bond motifs is 1. The lowest BCUT2D eigenvalue weighted by molar-refractivity contribution is -0.187. The molecule has 6 nitrogen and oxygen atoms in total. The largest absolute Gasteiger partial charge is 0.477 e. The third-order valence-corrected chi connectivity index (χ3v) is 6.47. The molecule has 41 heavy (non-hydrogen) atoms. The number of ether oxygens (including phenoxy) is 1. The van der Waals surface area contributed by atoms with E-state index in [1.54, 1.807) is 12.1 Å². The molecule has 1 heterocycles. The standard InChI is InChI=1S/C34H35FN2O4/c1-26(38)41-37(25-28-18-20-30(35)21-19-28)22-10-9-17-33(39)31-24-29-15-7-8-16-32(29)36-34(31)40-23-11-3-6-14-27-12-4-2-5-13-27/h2,4-5,7-8,12-13,15-16,18-21,24,33,39H,3,6,11,14,17,22-23,25H2,1H3. The van der Waals surface area contributed by atoms with Crippen molar-refractivity contribution in [3.05, 3.63) is 107 Å². The van der Waals surface area contributed by atoms with Gasteiger partial charge in [-0.05, 0) is 61.1 Å². The molecule has 1 atom stereocenters. The number of hydroxylamine groups is 2. The first-order valence-electron chi connectivity index (χ1n) is 13.9. The SMILES string of the molecule is CC(=O)ON(CC#CCC(O)c1cc2ccccc2nc1OCCCCCc1ccccc1)Cc1ccc(F)cc1. The highest BCUT2D eigenvalue weighted by molar-refractivity contribution is 5.80. The molecular weight excluding hydrogens is 519 g/mol. The molecule has 1 N–H and O–H groups in total. The van der Waals surface area contributed by atoms with Crippen LogP contribution in [0.1, 0.15) is 55.4 Å². The third-order valence-electron chi connectivity index (χ3n) is 6.47. The number of halogens is 1. The van der Waals surface area contributed by atoms with Gasteiger partial charge in [0, 0.05) is 24.3 Å². The summed E-state index contributed by atoms with van der Waals surface area (Å²) >= 11 is 0. The number of nitrogens with zero attached hydrogens (tertiary/aromatic N) is 2. The summed E-state index contributed by atoms with van der Waals surface area (Å²) in [6.45, 7) is 2.21. The van der Waals surface area contributed by atoms with Gasteiger partial charge in [-0.15, -0.1) is 5.06 Å². The first-order valence-corrected chi connectivity index (χ1v) is 13.9. The van der Waals surface area contributed by atoms with Gasteiger partial charge in [-0.25, -0.2) is 9.37 Å². The van der Waals surface area contributed by atoms with Gasteiger partial charge in [0.15, 0.2) is 0 Å². The van der Waals surface area contributed by atoms with Crippen molar-refractivity contribution in [3.8, 4) is 17.7 Å². The molecule has 0 aliphatic carbocycles. The van der Waals surface area contributed by atoms with Crippen LogP contribution in [0.15, 0.2) is 84.9 Å². The van der Waals surface area contributed by atoms with Crippen molar-refractivity contribution in [1.29, 1.82) is 0 Å². The van der Waals surface area contributed by atoms with Crippen LogP contribution in [0.4, 0.5) is 4.39 Å². The number of hydrogen-bond acceptors (Lipinski definition) is 6. The predicted octanol–water partition coefficient (Wildman–Crippen LogP) is 6.57. The van der Waals surface area contributed by atoms with Gasteiger partial charge in [0.2, 0.25) is 5.88 Å². The van der Waals surface area contributed by atoms with E-state index >= 15 is 0 Å². The number of unbranched alkanes of at least 4 members (excludes halogenated alkanes) is 2. The van der Waals surface area contributed by atoms with Crippen LogP contribution in [0.3, 0.4) is 0 Å². The van der Waals surface area contributed by atoms with Crippen molar-refractivity contribution in [2.45, 2.75) is 51.7 Å². The highest BCUT2D eigenvalue weighted by Crippen LogP contribution is 2.29. The molecule has 0 radical (unpaired) electrons. The van der Waals surface area contributed by atoms with Gasteiger partial charge in [0.05, 0.1) is 31.3 Å². The van der Waals surface area contributed by atoms with Crippen LogP contribution < -0.4 is 4.74 Å². The summed E-state index contributed by atoms with van der Waals surface area (Å²) in [4.78, 5) is 21.5. The number of aromatic nitrogens is 1. The number of para-hydroxylation sites is 1. The molecule has 1 aromatic heterocycles. The second-order valence-corrected chi connectivity index (χ2v) is 9.80. The lowest BCUT2D eigenvalue weighted by atomic mass is 10.1.